The molecule has 0 aliphatic heterocycles. The molecule has 3 aliphatic carbocycles. The number of hydrogen-bond donors (Lipinski definition) is 0. The summed E-state index contributed by atoms with van der Waals surface area (Å²) in [5.74, 6) is 3.23. The van der Waals surface area contributed by atoms with Crippen molar-refractivity contribution in [1.29, 1.82) is 0 Å². The Balaban J connectivity index is 1.43. The lowest BCUT2D eigenvalue weighted by atomic mass is 9.69. The van der Waals surface area contributed by atoms with Gasteiger partial charge in [-0.15, -0.1) is 13.2 Å². The van der Waals surface area contributed by atoms with Gasteiger partial charge in [-0.2, -0.15) is 0 Å². The average molecular weight is 358 g/mol. The van der Waals surface area contributed by atoms with Crippen molar-refractivity contribution in [2.75, 3.05) is 0 Å². The number of allylic oxidation sites excluding steroid dienone is 2. The third-order valence-corrected chi connectivity index (χ3v) is 7.12. The van der Waals surface area contributed by atoms with Crippen LogP contribution in [0.5, 0.6) is 0 Å². The van der Waals surface area contributed by atoms with Gasteiger partial charge >= 0.3 is 6.36 Å². The quantitative estimate of drug-likeness (QED) is 0.490. The molecule has 0 saturated heterocycles. The number of ether oxygens (including phenoxy) is 1. The van der Waals surface area contributed by atoms with Gasteiger partial charge in [0.2, 0.25) is 0 Å². The molecule has 0 amide bonds. The van der Waals surface area contributed by atoms with Crippen LogP contribution in [0.2, 0.25) is 0 Å². The predicted octanol–water partition coefficient (Wildman–Crippen LogP) is 7.02. The standard InChI is InChI=1S/C21H33F3O/c1-2-15-3-5-16(6-4-15)17-7-9-18(10-8-17)19-11-13-20(14-12-19)25-21(22,23)24/h9,15-17,19-20H,2-8,10-14H2,1H3/t15?,16?,17-,19?,20?/m0/s1. The van der Waals surface area contributed by atoms with Crippen LogP contribution in [-0.4, -0.2) is 12.5 Å². The molecule has 2 fully saturated rings. The highest BCUT2D eigenvalue weighted by Gasteiger charge is 2.36. The van der Waals surface area contributed by atoms with E-state index >= 15 is 0 Å². The molecular formula is C21H33F3O. The number of alkyl halides is 3. The Morgan fingerprint density at radius 2 is 1.60 bits per heavy atom. The molecule has 3 rings (SSSR count). The van der Waals surface area contributed by atoms with Crippen molar-refractivity contribution in [2.45, 2.75) is 96.4 Å². The lowest BCUT2D eigenvalue weighted by Crippen LogP contribution is -2.29. The van der Waals surface area contributed by atoms with Crippen LogP contribution in [0.15, 0.2) is 11.6 Å². The zero-order valence-corrected chi connectivity index (χ0v) is 15.5. The first-order valence-electron chi connectivity index (χ1n) is 10.4. The van der Waals surface area contributed by atoms with E-state index in [4.69, 9.17) is 0 Å². The van der Waals surface area contributed by atoms with Crippen molar-refractivity contribution in [3.8, 4) is 0 Å². The van der Waals surface area contributed by atoms with Gasteiger partial charge in [-0.3, -0.25) is 4.74 Å². The van der Waals surface area contributed by atoms with E-state index in [0.717, 1.165) is 30.6 Å². The molecule has 4 heteroatoms. The highest BCUT2D eigenvalue weighted by atomic mass is 19.4. The summed E-state index contributed by atoms with van der Waals surface area (Å²) in [5, 5.41) is 0. The molecular weight excluding hydrogens is 325 g/mol. The Kier molecular flexibility index (Phi) is 6.51. The lowest BCUT2D eigenvalue weighted by molar-refractivity contribution is -0.345. The lowest BCUT2D eigenvalue weighted by Gasteiger charge is -2.37. The average Bonchev–Trinajstić information content (AvgIpc) is 2.61. The summed E-state index contributed by atoms with van der Waals surface area (Å²) >= 11 is 0. The van der Waals surface area contributed by atoms with Crippen LogP contribution >= 0.6 is 0 Å². The molecule has 1 atom stereocenters. The molecule has 3 aliphatic rings. The molecule has 0 unspecified atom stereocenters. The summed E-state index contributed by atoms with van der Waals surface area (Å²) < 4.78 is 41.2. The van der Waals surface area contributed by atoms with Gasteiger partial charge < -0.3 is 0 Å². The fourth-order valence-electron chi connectivity index (χ4n) is 5.48. The van der Waals surface area contributed by atoms with E-state index in [1.165, 1.54) is 56.9 Å². The smallest absolute Gasteiger partial charge is 0.289 e. The minimum absolute atomic E-state index is 0.505. The predicted molar refractivity (Wildman–Crippen MR) is 94.0 cm³/mol. The van der Waals surface area contributed by atoms with Crippen LogP contribution in [0.3, 0.4) is 0 Å². The number of halogens is 3. The Hall–Kier alpha value is -0.510. The van der Waals surface area contributed by atoms with Crippen LogP contribution in [0.1, 0.15) is 84.0 Å². The first-order valence-corrected chi connectivity index (χ1v) is 10.4. The van der Waals surface area contributed by atoms with Gasteiger partial charge in [0.15, 0.2) is 0 Å². The van der Waals surface area contributed by atoms with Crippen molar-refractivity contribution in [2.24, 2.45) is 23.7 Å². The topological polar surface area (TPSA) is 9.23 Å². The van der Waals surface area contributed by atoms with Gasteiger partial charge in [0, 0.05) is 0 Å². The van der Waals surface area contributed by atoms with E-state index in [2.05, 4.69) is 17.7 Å². The van der Waals surface area contributed by atoms with Gasteiger partial charge in [-0.25, -0.2) is 0 Å². The van der Waals surface area contributed by atoms with Crippen LogP contribution in [0.4, 0.5) is 13.2 Å². The highest BCUT2D eigenvalue weighted by molar-refractivity contribution is 5.12. The molecule has 0 aromatic heterocycles. The van der Waals surface area contributed by atoms with Crippen molar-refractivity contribution in [1.82, 2.24) is 0 Å². The second-order valence-electron chi connectivity index (χ2n) is 8.54. The third kappa shape index (κ3) is 5.48. The Labute approximate surface area is 150 Å². The van der Waals surface area contributed by atoms with Crippen LogP contribution in [-0.2, 0) is 4.74 Å². The Bertz CT molecular complexity index is 441. The van der Waals surface area contributed by atoms with Gasteiger partial charge in [-0.05, 0) is 81.5 Å². The molecule has 0 radical (unpaired) electrons. The SMILES string of the molecule is CCC1CCC([C@H]2CC=C(C3CCC(OC(F)(F)F)CC3)CC2)CC1. The van der Waals surface area contributed by atoms with Crippen molar-refractivity contribution in [3.05, 3.63) is 11.6 Å². The van der Waals surface area contributed by atoms with Crippen LogP contribution < -0.4 is 0 Å². The zero-order valence-electron chi connectivity index (χ0n) is 15.5. The van der Waals surface area contributed by atoms with E-state index in [1.807, 2.05) is 0 Å². The maximum atomic E-state index is 12.3. The molecule has 144 valence electrons. The minimum atomic E-state index is -4.48. The van der Waals surface area contributed by atoms with Gasteiger partial charge in [0.25, 0.3) is 0 Å². The molecule has 0 heterocycles. The first-order chi connectivity index (χ1) is 11.9. The maximum Gasteiger partial charge on any atom is 0.522 e. The summed E-state index contributed by atoms with van der Waals surface area (Å²) in [7, 11) is 0. The molecule has 0 spiro atoms. The monoisotopic (exact) mass is 358 g/mol. The molecule has 2 saturated carbocycles. The van der Waals surface area contributed by atoms with E-state index in [0.29, 0.717) is 18.8 Å². The fraction of sp³-hybridized carbons (Fsp3) is 0.905. The Morgan fingerprint density at radius 3 is 2.12 bits per heavy atom. The molecule has 0 aromatic carbocycles. The first kappa shape index (κ1) is 19.3. The van der Waals surface area contributed by atoms with E-state index in [9.17, 15) is 13.2 Å². The summed E-state index contributed by atoms with van der Waals surface area (Å²) in [6.45, 7) is 2.31. The summed E-state index contributed by atoms with van der Waals surface area (Å²) in [6.07, 6.45) is 10.8. The summed E-state index contributed by atoms with van der Waals surface area (Å²) in [4.78, 5) is 0. The van der Waals surface area contributed by atoms with Crippen molar-refractivity contribution < 1.29 is 17.9 Å². The van der Waals surface area contributed by atoms with E-state index < -0.39 is 12.5 Å². The Morgan fingerprint density at radius 1 is 0.920 bits per heavy atom. The molecule has 25 heavy (non-hydrogen) atoms. The second-order valence-corrected chi connectivity index (χ2v) is 8.54. The van der Waals surface area contributed by atoms with E-state index in [-0.39, 0.29) is 0 Å². The van der Waals surface area contributed by atoms with Crippen LogP contribution in [0, 0.1) is 23.7 Å². The van der Waals surface area contributed by atoms with E-state index in [1.54, 1.807) is 0 Å². The molecule has 1 nitrogen and oxygen atoms in total. The largest absolute Gasteiger partial charge is 0.522 e. The zero-order chi connectivity index (χ0) is 17.9. The number of hydrogen-bond acceptors (Lipinski definition) is 1. The normalized spacial score (nSPS) is 37.6. The second kappa shape index (κ2) is 8.45. The fourth-order valence-corrected chi connectivity index (χ4v) is 5.48. The molecule has 0 N–H and O–H groups in total. The van der Waals surface area contributed by atoms with Gasteiger partial charge in [0.1, 0.15) is 0 Å². The van der Waals surface area contributed by atoms with Crippen molar-refractivity contribution >= 4 is 0 Å². The summed E-state index contributed by atoms with van der Waals surface area (Å²) in [5.41, 5.74) is 1.53. The van der Waals surface area contributed by atoms with Crippen LogP contribution in [0.25, 0.3) is 0 Å². The molecule has 0 aromatic rings. The van der Waals surface area contributed by atoms with Crippen molar-refractivity contribution in [3.63, 3.8) is 0 Å². The minimum Gasteiger partial charge on any atom is -0.289 e. The summed E-state index contributed by atoms with van der Waals surface area (Å²) in [6, 6.07) is 0. The van der Waals surface area contributed by atoms with Gasteiger partial charge in [-0.1, -0.05) is 37.8 Å². The third-order valence-electron chi connectivity index (χ3n) is 7.12. The van der Waals surface area contributed by atoms with Gasteiger partial charge in [0.05, 0.1) is 6.10 Å². The molecule has 0 bridgehead atoms. The highest BCUT2D eigenvalue weighted by Crippen LogP contribution is 2.43. The number of rotatable bonds is 4. The maximum absolute atomic E-state index is 12.3.